The maximum absolute atomic E-state index is 13.1. The SMILES string of the molecule is CCC(C)CCCCCCCCCCCCC(=O)O[C@H](COC(=O)CCCCCCCCCC(C)C)COP(=O)(O)OCC(O)COP(=O)(O)OC[C@@H](COC(=O)CCCCCCCCCCCCCC(C)C)OC(=O)CCCCCCCCCCCCCCCCCCC(C)C. The molecule has 4 unspecified atom stereocenters. The fraction of sp³-hybridized carbons (Fsp3) is 0.949. The van der Waals surface area contributed by atoms with Crippen LogP contribution in [0.15, 0.2) is 0 Å². The molecule has 0 aliphatic heterocycles. The van der Waals surface area contributed by atoms with E-state index in [1.54, 1.807) is 0 Å². The lowest BCUT2D eigenvalue weighted by Crippen LogP contribution is -2.30. The Morgan fingerprint density at radius 3 is 0.732 bits per heavy atom. The highest BCUT2D eigenvalue weighted by atomic mass is 31.2. The molecule has 0 aromatic heterocycles. The predicted octanol–water partition coefficient (Wildman–Crippen LogP) is 22.8. The van der Waals surface area contributed by atoms with Crippen molar-refractivity contribution < 1.29 is 80.2 Å². The van der Waals surface area contributed by atoms with Gasteiger partial charge in [-0.1, -0.05) is 344 Å². The highest BCUT2D eigenvalue weighted by molar-refractivity contribution is 7.47. The third-order valence-electron chi connectivity index (χ3n) is 18.4. The lowest BCUT2D eigenvalue weighted by atomic mass is 9.99. The maximum Gasteiger partial charge on any atom is 0.472 e. The van der Waals surface area contributed by atoms with Crippen molar-refractivity contribution in [3.8, 4) is 0 Å². The lowest BCUT2D eigenvalue weighted by Gasteiger charge is -2.21. The number of carbonyl (C=O) groups is 4. The number of carbonyl (C=O) groups excluding carboxylic acids is 4. The Morgan fingerprint density at radius 1 is 0.289 bits per heavy atom. The van der Waals surface area contributed by atoms with Crippen LogP contribution in [0, 0.1) is 23.7 Å². The molecule has 19 heteroatoms. The number of unbranched alkanes of at least 4 members (excludes halogenated alkanes) is 40. The number of esters is 4. The van der Waals surface area contributed by atoms with Crippen molar-refractivity contribution in [1.82, 2.24) is 0 Å². The molecule has 97 heavy (non-hydrogen) atoms. The van der Waals surface area contributed by atoms with E-state index in [0.29, 0.717) is 31.6 Å². The second kappa shape index (κ2) is 67.2. The number of hydrogen-bond acceptors (Lipinski definition) is 15. The minimum Gasteiger partial charge on any atom is -0.462 e. The van der Waals surface area contributed by atoms with Crippen LogP contribution in [0.5, 0.6) is 0 Å². The second-order valence-electron chi connectivity index (χ2n) is 29.8. The molecule has 0 heterocycles. The summed E-state index contributed by atoms with van der Waals surface area (Å²) in [7, 11) is -9.92. The van der Waals surface area contributed by atoms with Gasteiger partial charge in [-0.05, 0) is 49.4 Å². The molecule has 0 radical (unpaired) electrons. The molecule has 576 valence electrons. The van der Waals surface area contributed by atoms with Crippen LogP contribution in [0.25, 0.3) is 0 Å². The first-order valence-corrected chi connectivity index (χ1v) is 43.2. The number of ether oxygens (including phenoxy) is 4. The number of aliphatic hydroxyl groups is 1. The van der Waals surface area contributed by atoms with Gasteiger partial charge in [0.1, 0.15) is 19.3 Å². The Kier molecular flexibility index (Phi) is 65.9. The Morgan fingerprint density at radius 2 is 0.495 bits per heavy atom. The van der Waals surface area contributed by atoms with E-state index in [9.17, 15) is 43.2 Å². The van der Waals surface area contributed by atoms with Crippen LogP contribution in [0.1, 0.15) is 396 Å². The third-order valence-corrected chi connectivity index (χ3v) is 20.3. The van der Waals surface area contributed by atoms with Crippen LogP contribution < -0.4 is 0 Å². The van der Waals surface area contributed by atoms with Gasteiger partial charge in [0.25, 0.3) is 0 Å². The zero-order chi connectivity index (χ0) is 71.7. The number of aliphatic hydroxyl groups excluding tert-OH is 1. The van der Waals surface area contributed by atoms with E-state index in [4.69, 9.17) is 37.0 Å². The Bertz CT molecular complexity index is 1900. The molecule has 0 aliphatic carbocycles. The molecule has 6 atom stereocenters. The molecule has 0 aromatic rings. The van der Waals surface area contributed by atoms with Crippen molar-refractivity contribution in [2.45, 2.75) is 414 Å². The van der Waals surface area contributed by atoms with Gasteiger partial charge in [0.15, 0.2) is 12.2 Å². The molecule has 3 N–H and O–H groups in total. The second-order valence-corrected chi connectivity index (χ2v) is 32.7. The lowest BCUT2D eigenvalue weighted by molar-refractivity contribution is -0.161. The highest BCUT2D eigenvalue weighted by Crippen LogP contribution is 2.45. The largest absolute Gasteiger partial charge is 0.472 e. The van der Waals surface area contributed by atoms with Crippen LogP contribution >= 0.6 is 15.6 Å². The van der Waals surface area contributed by atoms with Crippen LogP contribution in [0.2, 0.25) is 0 Å². The van der Waals surface area contributed by atoms with Crippen molar-refractivity contribution in [1.29, 1.82) is 0 Å². The van der Waals surface area contributed by atoms with Crippen LogP contribution in [0.3, 0.4) is 0 Å². The van der Waals surface area contributed by atoms with Crippen molar-refractivity contribution >= 4 is 39.5 Å². The summed E-state index contributed by atoms with van der Waals surface area (Å²) in [5.41, 5.74) is 0. The monoisotopic (exact) mass is 1420 g/mol. The molecule has 0 amide bonds. The fourth-order valence-corrected chi connectivity index (χ4v) is 13.5. The first-order chi connectivity index (χ1) is 46.6. The maximum atomic E-state index is 13.1. The van der Waals surface area contributed by atoms with Gasteiger partial charge >= 0.3 is 39.5 Å². The van der Waals surface area contributed by atoms with Crippen molar-refractivity contribution in [2.75, 3.05) is 39.6 Å². The average Bonchev–Trinajstić information content (AvgIpc) is 2.02. The van der Waals surface area contributed by atoms with Crippen molar-refractivity contribution in [3.05, 3.63) is 0 Å². The van der Waals surface area contributed by atoms with Gasteiger partial charge in [0.05, 0.1) is 26.4 Å². The average molecular weight is 1420 g/mol. The van der Waals surface area contributed by atoms with E-state index >= 15 is 0 Å². The van der Waals surface area contributed by atoms with E-state index in [1.807, 2.05) is 0 Å². The molecule has 0 aromatic carbocycles. The molecule has 17 nitrogen and oxygen atoms in total. The molecular weight excluding hydrogens is 1270 g/mol. The third kappa shape index (κ3) is 70.9. The van der Waals surface area contributed by atoms with Crippen LogP contribution in [0.4, 0.5) is 0 Å². The molecular formula is C78H152O17P2. The summed E-state index contributed by atoms with van der Waals surface area (Å²) in [6.07, 6.45) is 52.7. The van der Waals surface area contributed by atoms with Crippen LogP contribution in [-0.2, 0) is 65.4 Å². The Labute approximate surface area is 594 Å². The minimum absolute atomic E-state index is 0.105. The standard InChI is InChI=1S/C78H152O17P2/c1-9-71(8)57-49-41-33-25-21-22-28-36-45-53-61-78(83)95-74(65-89-76(81)59-51-43-37-29-32-40-48-56-70(6)7)67-93-97(86,87)91-63-72(79)62-90-96(84,85)92-66-73(64-88-75(80)58-50-42-34-26-20-16-18-24-31-39-47-55-69(4)5)94-77(82)60-52-44-35-27-19-15-13-11-10-12-14-17-23-30-38-46-54-68(2)3/h68-74,79H,9-67H2,1-8H3,(H,84,85)(H,86,87)/t71?,72?,73-,74-/m1/s1. The Balaban J connectivity index is 5.25. The minimum atomic E-state index is -4.96. The summed E-state index contributed by atoms with van der Waals surface area (Å²) in [4.78, 5) is 72.9. The number of hydrogen-bond donors (Lipinski definition) is 3. The smallest absolute Gasteiger partial charge is 0.462 e. The van der Waals surface area contributed by atoms with Crippen molar-refractivity contribution in [2.24, 2.45) is 23.7 Å². The van der Waals surface area contributed by atoms with Gasteiger partial charge in [0.2, 0.25) is 0 Å². The summed E-state index contributed by atoms with van der Waals surface area (Å²) in [5, 5.41) is 10.6. The van der Waals surface area contributed by atoms with E-state index in [1.165, 1.54) is 193 Å². The first-order valence-electron chi connectivity index (χ1n) is 40.2. The summed E-state index contributed by atoms with van der Waals surface area (Å²) >= 11 is 0. The molecule has 0 rings (SSSR count). The van der Waals surface area contributed by atoms with Gasteiger partial charge in [-0.15, -0.1) is 0 Å². The quantitative estimate of drug-likeness (QED) is 0.0222. The van der Waals surface area contributed by atoms with Crippen LogP contribution in [-0.4, -0.2) is 96.7 Å². The molecule has 0 saturated carbocycles. The number of phosphoric ester groups is 2. The highest BCUT2D eigenvalue weighted by Gasteiger charge is 2.30. The fourth-order valence-electron chi connectivity index (χ4n) is 11.9. The van der Waals surface area contributed by atoms with E-state index in [-0.39, 0.29) is 25.7 Å². The van der Waals surface area contributed by atoms with Crippen molar-refractivity contribution in [3.63, 3.8) is 0 Å². The number of phosphoric acid groups is 2. The predicted molar refractivity (Wildman–Crippen MR) is 395 cm³/mol. The summed E-state index contributed by atoms with van der Waals surface area (Å²) in [5.74, 6) is 0.970. The summed E-state index contributed by atoms with van der Waals surface area (Å²) in [6.45, 7) is 14.2. The van der Waals surface area contributed by atoms with E-state index in [0.717, 1.165) is 114 Å². The topological polar surface area (TPSA) is 237 Å². The molecule has 0 fully saturated rings. The van der Waals surface area contributed by atoms with E-state index in [2.05, 4.69) is 55.4 Å². The normalized spacial score (nSPS) is 14.4. The van der Waals surface area contributed by atoms with Gasteiger partial charge in [0, 0.05) is 25.7 Å². The summed E-state index contributed by atoms with van der Waals surface area (Å²) < 4.78 is 68.6. The first kappa shape index (κ1) is 95.1. The Hall–Kier alpha value is -1.94. The van der Waals surface area contributed by atoms with Gasteiger partial charge in [-0.2, -0.15) is 0 Å². The van der Waals surface area contributed by atoms with E-state index < -0.39 is 97.5 Å². The zero-order valence-corrected chi connectivity index (χ0v) is 65.5. The van der Waals surface area contributed by atoms with Gasteiger partial charge in [-0.25, -0.2) is 9.13 Å². The summed E-state index contributed by atoms with van der Waals surface area (Å²) in [6, 6.07) is 0. The zero-order valence-electron chi connectivity index (χ0n) is 63.7. The molecule has 0 aliphatic rings. The van der Waals surface area contributed by atoms with Gasteiger partial charge < -0.3 is 33.8 Å². The van der Waals surface area contributed by atoms with Gasteiger partial charge in [-0.3, -0.25) is 37.3 Å². The number of rotatable bonds is 75. The molecule has 0 spiro atoms. The molecule has 0 bridgehead atoms. The molecule has 0 saturated heterocycles.